The van der Waals surface area contributed by atoms with E-state index in [4.69, 9.17) is 11.6 Å². The number of Topliss-reactive ketones (excluding diaryl/α,β-unsaturated/α-hetero) is 2. The molecule has 1 unspecified atom stereocenters. The summed E-state index contributed by atoms with van der Waals surface area (Å²) in [7, 11) is 0. The molecular weight excluding hydrogens is 236 g/mol. The Morgan fingerprint density at radius 1 is 1.00 bits per heavy atom. The Morgan fingerprint density at radius 2 is 1.59 bits per heavy atom. The zero-order chi connectivity index (χ0) is 12.0. The van der Waals surface area contributed by atoms with Crippen LogP contribution in [0.15, 0.2) is 35.4 Å². The van der Waals surface area contributed by atoms with Gasteiger partial charge < -0.3 is 0 Å². The van der Waals surface area contributed by atoms with Crippen LogP contribution in [0.4, 0.5) is 0 Å². The maximum atomic E-state index is 12.3. The van der Waals surface area contributed by atoms with Crippen molar-refractivity contribution in [3.63, 3.8) is 0 Å². The fourth-order valence-electron chi connectivity index (χ4n) is 2.58. The molecule has 0 bridgehead atoms. The Balaban J connectivity index is 2.17. The van der Waals surface area contributed by atoms with E-state index in [1.165, 1.54) is 0 Å². The van der Waals surface area contributed by atoms with Gasteiger partial charge in [0.2, 0.25) is 0 Å². The summed E-state index contributed by atoms with van der Waals surface area (Å²) in [5.74, 6) is -0.000633. The molecule has 0 aliphatic heterocycles. The highest BCUT2D eigenvalue weighted by molar-refractivity contribution is 6.28. The first-order valence-corrected chi connectivity index (χ1v) is 6.16. The van der Waals surface area contributed by atoms with Crippen molar-refractivity contribution in [1.82, 2.24) is 0 Å². The Labute approximate surface area is 104 Å². The minimum atomic E-state index is -0.0178. The van der Waals surface area contributed by atoms with E-state index < -0.39 is 0 Å². The third-order valence-electron chi connectivity index (χ3n) is 3.46. The number of hydrogen-bond donors (Lipinski definition) is 0. The summed E-state index contributed by atoms with van der Waals surface area (Å²) in [5.41, 5.74) is 2.40. The molecule has 0 saturated heterocycles. The van der Waals surface area contributed by atoms with E-state index in [9.17, 15) is 9.59 Å². The first-order valence-electron chi connectivity index (χ1n) is 5.73. The van der Waals surface area contributed by atoms with Gasteiger partial charge in [-0.15, -0.1) is 11.6 Å². The number of fused-ring (bicyclic) bond motifs is 1. The summed E-state index contributed by atoms with van der Waals surface area (Å²) >= 11 is 6.08. The third-order valence-corrected chi connectivity index (χ3v) is 3.83. The molecule has 17 heavy (non-hydrogen) atoms. The monoisotopic (exact) mass is 246 g/mol. The first kappa shape index (κ1) is 10.7. The molecule has 0 N–H and O–H groups in total. The molecule has 0 amide bonds. The summed E-state index contributed by atoms with van der Waals surface area (Å²) in [6.45, 7) is 0. The maximum Gasteiger partial charge on any atom is 0.190 e. The number of allylic oxidation sites excluding steroid dienone is 2. The molecule has 0 spiro atoms. The van der Waals surface area contributed by atoms with Gasteiger partial charge in [-0.2, -0.15) is 0 Å². The Morgan fingerprint density at radius 3 is 2.24 bits per heavy atom. The van der Waals surface area contributed by atoms with E-state index in [1.54, 1.807) is 24.3 Å². The van der Waals surface area contributed by atoms with Crippen LogP contribution in [0.3, 0.4) is 0 Å². The second-order valence-electron chi connectivity index (χ2n) is 4.50. The average molecular weight is 247 g/mol. The van der Waals surface area contributed by atoms with Gasteiger partial charge in [0.05, 0.1) is 0 Å². The number of hydrogen-bond acceptors (Lipinski definition) is 2. The van der Waals surface area contributed by atoms with Crippen molar-refractivity contribution >= 4 is 23.2 Å². The Hall–Kier alpha value is -1.41. The van der Waals surface area contributed by atoms with Crippen molar-refractivity contribution in [3.8, 4) is 0 Å². The van der Waals surface area contributed by atoms with E-state index in [1.807, 2.05) is 0 Å². The van der Waals surface area contributed by atoms with Crippen LogP contribution >= 0.6 is 11.6 Å². The largest absolute Gasteiger partial charge is 0.289 e. The van der Waals surface area contributed by atoms with E-state index in [2.05, 4.69) is 0 Å². The molecule has 0 saturated carbocycles. The number of rotatable bonds is 0. The molecule has 2 aliphatic rings. The van der Waals surface area contributed by atoms with E-state index in [-0.39, 0.29) is 16.9 Å². The number of carbonyl (C=O) groups excluding carboxylic acids is 2. The zero-order valence-electron chi connectivity index (χ0n) is 9.20. The minimum absolute atomic E-state index is 0.0127. The summed E-state index contributed by atoms with van der Waals surface area (Å²) < 4.78 is 0. The van der Waals surface area contributed by atoms with Crippen molar-refractivity contribution in [2.24, 2.45) is 0 Å². The first-order chi connectivity index (χ1) is 8.18. The molecule has 2 nitrogen and oxygen atoms in total. The molecule has 0 fully saturated rings. The number of carbonyl (C=O) groups is 2. The maximum absolute atomic E-state index is 12.3. The molecule has 86 valence electrons. The van der Waals surface area contributed by atoms with E-state index in [0.717, 1.165) is 6.42 Å². The second kappa shape index (κ2) is 3.81. The second-order valence-corrected chi connectivity index (χ2v) is 5.12. The Kier molecular flexibility index (Phi) is 2.40. The van der Waals surface area contributed by atoms with Crippen molar-refractivity contribution in [1.29, 1.82) is 0 Å². The predicted octanol–water partition coefficient (Wildman–Crippen LogP) is 3.15. The van der Waals surface area contributed by atoms with Gasteiger partial charge >= 0.3 is 0 Å². The molecule has 1 aromatic rings. The van der Waals surface area contributed by atoms with Gasteiger partial charge in [-0.1, -0.05) is 24.3 Å². The van der Waals surface area contributed by atoms with Gasteiger partial charge in [0.15, 0.2) is 11.6 Å². The third kappa shape index (κ3) is 1.55. The van der Waals surface area contributed by atoms with Crippen molar-refractivity contribution in [3.05, 3.63) is 46.5 Å². The fraction of sp³-hybridized carbons (Fsp3) is 0.286. The van der Waals surface area contributed by atoms with Gasteiger partial charge in [-0.25, -0.2) is 0 Å². The minimum Gasteiger partial charge on any atom is -0.289 e. The molecule has 1 aromatic carbocycles. The van der Waals surface area contributed by atoms with E-state index >= 15 is 0 Å². The summed E-state index contributed by atoms with van der Waals surface area (Å²) in [5, 5.41) is -0.0178. The van der Waals surface area contributed by atoms with Gasteiger partial charge in [0, 0.05) is 27.7 Å². The lowest BCUT2D eigenvalue weighted by Gasteiger charge is -2.26. The fourth-order valence-corrected chi connectivity index (χ4v) is 2.85. The molecule has 0 radical (unpaired) electrons. The SMILES string of the molecule is O=C1C2=C(CC(Cl)CC2)C(=O)c2ccccc21. The summed E-state index contributed by atoms with van der Waals surface area (Å²) in [6, 6.07) is 7.03. The number of alkyl halides is 1. The molecular formula is C14H11ClO2. The Bertz CT molecular complexity index is 557. The molecule has 3 heteroatoms. The van der Waals surface area contributed by atoms with Gasteiger partial charge in [-0.05, 0) is 19.3 Å². The van der Waals surface area contributed by atoms with Gasteiger partial charge in [0.1, 0.15) is 0 Å². The predicted molar refractivity (Wildman–Crippen MR) is 65.6 cm³/mol. The highest BCUT2D eigenvalue weighted by Gasteiger charge is 2.34. The highest BCUT2D eigenvalue weighted by Crippen LogP contribution is 2.36. The molecule has 0 heterocycles. The van der Waals surface area contributed by atoms with Crippen LogP contribution < -0.4 is 0 Å². The van der Waals surface area contributed by atoms with Gasteiger partial charge in [-0.3, -0.25) is 9.59 Å². The number of benzene rings is 1. The van der Waals surface area contributed by atoms with Gasteiger partial charge in [0.25, 0.3) is 0 Å². The normalized spacial score (nSPS) is 23.5. The quantitative estimate of drug-likeness (QED) is 0.659. The average Bonchev–Trinajstić information content (AvgIpc) is 2.36. The van der Waals surface area contributed by atoms with Crippen molar-refractivity contribution < 1.29 is 9.59 Å². The summed E-state index contributed by atoms with van der Waals surface area (Å²) in [6.07, 6.45) is 1.93. The van der Waals surface area contributed by atoms with Crippen LogP contribution in [0.1, 0.15) is 40.0 Å². The van der Waals surface area contributed by atoms with Crippen LogP contribution in [-0.2, 0) is 0 Å². The smallest absolute Gasteiger partial charge is 0.190 e. The lowest BCUT2D eigenvalue weighted by Crippen LogP contribution is -2.27. The van der Waals surface area contributed by atoms with E-state index in [0.29, 0.717) is 35.1 Å². The lowest BCUT2D eigenvalue weighted by atomic mass is 9.77. The molecule has 1 atom stereocenters. The van der Waals surface area contributed by atoms with Crippen molar-refractivity contribution in [2.45, 2.75) is 24.6 Å². The molecule has 0 aromatic heterocycles. The summed E-state index contributed by atoms with van der Waals surface area (Å²) in [4.78, 5) is 24.5. The topological polar surface area (TPSA) is 34.1 Å². The van der Waals surface area contributed by atoms with Crippen LogP contribution in [-0.4, -0.2) is 16.9 Å². The van der Waals surface area contributed by atoms with Crippen LogP contribution in [0, 0.1) is 0 Å². The number of halogens is 1. The van der Waals surface area contributed by atoms with Crippen molar-refractivity contribution in [2.75, 3.05) is 0 Å². The van der Waals surface area contributed by atoms with Crippen LogP contribution in [0.25, 0.3) is 0 Å². The lowest BCUT2D eigenvalue weighted by molar-refractivity contribution is 0.0965. The number of ketones is 2. The highest BCUT2D eigenvalue weighted by atomic mass is 35.5. The molecule has 3 rings (SSSR count). The standard InChI is InChI=1S/C14H11ClO2/c15-8-5-6-11-12(7-8)14(17)10-4-2-1-3-9(10)13(11)16/h1-4,8H,5-7H2. The van der Waals surface area contributed by atoms with Crippen LogP contribution in [0.5, 0.6) is 0 Å². The van der Waals surface area contributed by atoms with Crippen LogP contribution in [0.2, 0.25) is 0 Å². The zero-order valence-corrected chi connectivity index (χ0v) is 9.96. The molecule has 2 aliphatic carbocycles.